The van der Waals surface area contributed by atoms with Crippen molar-refractivity contribution in [3.8, 4) is 0 Å². The van der Waals surface area contributed by atoms with Crippen molar-refractivity contribution < 1.29 is 19.4 Å². The molecule has 2 aliphatic heterocycles. The fraction of sp³-hybridized carbons (Fsp3) is 0.867. The van der Waals surface area contributed by atoms with E-state index < -0.39 is 11.4 Å². The molecule has 2 heterocycles. The summed E-state index contributed by atoms with van der Waals surface area (Å²) in [5.74, 6) is -0.817. The largest absolute Gasteiger partial charge is 0.481 e. The van der Waals surface area contributed by atoms with Crippen LogP contribution in [-0.2, 0) is 9.53 Å². The molecule has 6 nitrogen and oxygen atoms in total. The molecule has 0 aromatic carbocycles. The topological polar surface area (TPSA) is 70.1 Å². The molecule has 6 heteroatoms. The molecular formula is C15H26N2O4. The maximum absolute atomic E-state index is 12.8. The van der Waals surface area contributed by atoms with Crippen LogP contribution in [0.25, 0.3) is 0 Å². The first-order valence-electron chi connectivity index (χ1n) is 7.78. The van der Waals surface area contributed by atoms with Crippen LogP contribution in [0.15, 0.2) is 0 Å². The van der Waals surface area contributed by atoms with Gasteiger partial charge in [0, 0.05) is 19.6 Å². The first-order valence-corrected chi connectivity index (χ1v) is 7.78. The third kappa shape index (κ3) is 3.31. The monoisotopic (exact) mass is 298 g/mol. The molecule has 0 bridgehead atoms. The number of rotatable bonds is 2. The van der Waals surface area contributed by atoms with Crippen molar-refractivity contribution in [2.45, 2.75) is 52.2 Å². The van der Waals surface area contributed by atoms with E-state index in [0.29, 0.717) is 32.7 Å². The summed E-state index contributed by atoms with van der Waals surface area (Å²) in [6, 6.07) is 0.0517. The number of urea groups is 1. The standard InChI is InChI=1S/C15H26N2O4/c1-4-12-9-21-11(2)8-17(12)14(20)16-7-5-6-15(3,10-16)13(18)19/h11-12H,4-10H2,1-3H3,(H,18,19). The second kappa shape index (κ2) is 6.22. The van der Waals surface area contributed by atoms with E-state index >= 15 is 0 Å². The highest BCUT2D eigenvalue weighted by Gasteiger charge is 2.41. The normalized spacial score (nSPS) is 33.9. The highest BCUT2D eigenvalue weighted by atomic mass is 16.5. The predicted octanol–water partition coefficient (Wildman–Crippen LogP) is 1.79. The smallest absolute Gasteiger partial charge is 0.320 e. The van der Waals surface area contributed by atoms with Gasteiger partial charge in [0.05, 0.1) is 24.2 Å². The fourth-order valence-electron chi connectivity index (χ4n) is 3.18. The van der Waals surface area contributed by atoms with Gasteiger partial charge in [-0.1, -0.05) is 6.92 Å². The molecule has 0 aliphatic carbocycles. The Hall–Kier alpha value is -1.30. The van der Waals surface area contributed by atoms with Crippen LogP contribution in [0.3, 0.4) is 0 Å². The maximum atomic E-state index is 12.8. The van der Waals surface area contributed by atoms with E-state index in [1.807, 2.05) is 18.7 Å². The Kier molecular flexibility index (Phi) is 4.76. The van der Waals surface area contributed by atoms with Crippen molar-refractivity contribution >= 4 is 12.0 Å². The number of carboxylic acid groups (broad SMARTS) is 1. The zero-order chi connectivity index (χ0) is 15.6. The lowest BCUT2D eigenvalue weighted by atomic mass is 9.82. The van der Waals surface area contributed by atoms with Crippen LogP contribution >= 0.6 is 0 Å². The Balaban J connectivity index is 2.09. The Morgan fingerprint density at radius 2 is 2.14 bits per heavy atom. The molecule has 0 radical (unpaired) electrons. The minimum Gasteiger partial charge on any atom is -0.481 e. The maximum Gasteiger partial charge on any atom is 0.320 e. The van der Waals surface area contributed by atoms with Crippen molar-refractivity contribution in [3.63, 3.8) is 0 Å². The summed E-state index contributed by atoms with van der Waals surface area (Å²) in [5.41, 5.74) is -0.826. The Morgan fingerprint density at radius 3 is 2.76 bits per heavy atom. The van der Waals surface area contributed by atoms with E-state index in [1.54, 1.807) is 11.8 Å². The first kappa shape index (κ1) is 16.1. The average Bonchev–Trinajstić information content (AvgIpc) is 2.46. The molecule has 2 rings (SSSR count). The number of carbonyl (C=O) groups is 2. The summed E-state index contributed by atoms with van der Waals surface area (Å²) in [5, 5.41) is 9.38. The fourth-order valence-corrected chi connectivity index (χ4v) is 3.18. The number of aliphatic carboxylic acids is 1. The number of carboxylic acids is 1. The van der Waals surface area contributed by atoms with Gasteiger partial charge >= 0.3 is 12.0 Å². The molecule has 2 fully saturated rings. The van der Waals surface area contributed by atoms with Crippen molar-refractivity contribution in [1.29, 1.82) is 0 Å². The molecule has 120 valence electrons. The summed E-state index contributed by atoms with van der Waals surface area (Å²) < 4.78 is 5.62. The number of hydrogen-bond acceptors (Lipinski definition) is 3. The number of ether oxygens (including phenoxy) is 1. The van der Waals surface area contributed by atoms with E-state index in [2.05, 4.69) is 0 Å². The molecule has 0 saturated carbocycles. The van der Waals surface area contributed by atoms with Gasteiger partial charge in [0.15, 0.2) is 0 Å². The van der Waals surface area contributed by atoms with Crippen LogP contribution in [0.5, 0.6) is 0 Å². The third-order valence-electron chi connectivity index (χ3n) is 4.67. The molecule has 0 spiro atoms. The number of amides is 2. The number of nitrogens with zero attached hydrogens (tertiary/aromatic N) is 2. The van der Waals surface area contributed by atoms with Gasteiger partial charge in [-0.15, -0.1) is 0 Å². The molecule has 2 saturated heterocycles. The van der Waals surface area contributed by atoms with E-state index in [-0.39, 0.29) is 18.2 Å². The number of likely N-dealkylation sites (tertiary alicyclic amines) is 1. The van der Waals surface area contributed by atoms with Crippen molar-refractivity contribution in [3.05, 3.63) is 0 Å². The summed E-state index contributed by atoms with van der Waals surface area (Å²) in [7, 11) is 0. The van der Waals surface area contributed by atoms with Gasteiger partial charge in [-0.05, 0) is 33.1 Å². The van der Waals surface area contributed by atoms with Crippen LogP contribution in [0.4, 0.5) is 4.79 Å². The van der Waals surface area contributed by atoms with Gasteiger partial charge in [-0.25, -0.2) is 4.79 Å². The summed E-state index contributed by atoms with van der Waals surface area (Å²) in [4.78, 5) is 27.8. The molecule has 3 unspecified atom stereocenters. The van der Waals surface area contributed by atoms with E-state index in [9.17, 15) is 14.7 Å². The van der Waals surface area contributed by atoms with Crippen LogP contribution in [0.2, 0.25) is 0 Å². The zero-order valence-electron chi connectivity index (χ0n) is 13.2. The highest BCUT2D eigenvalue weighted by molar-refractivity contribution is 5.79. The molecule has 2 aliphatic rings. The van der Waals surface area contributed by atoms with Crippen molar-refractivity contribution in [1.82, 2.24) is 9.80 Å². The van der Waals surface area contributed by atoms with Gasteiger partial charge in [0.25, 0.3) is 0 Å². The Labute approximate surface area is 126 Å². The molecule has 3 atom stereocenters. The van der Waals surface area contributed by atoms with Gasteiger partial charge in [0.1, 0.15) is 0 Å². The van der Waals surface area contributed by atoms with E-state index in [0.717, 1.165) is 12.8 Å². The number of carbonyl (C=O) groups excluding carboxylic acids is 1. The average molecular weight is 298 g/mol. The molecule has 1 N–H and O–H groups in total. The Morgan fingerprint density at radius 1 is 1.43 bits per heavy atom. The quantitative estimate of drug-likeness (QED) is 0.844. The first-order chi connectivity index (χ1) is 9.87. The zero-order valence-corrected chi connectivity index (χ0v) is 13.2. The molecule has 0 aromatic rings. The van der Waals surface area contributed by atoms with Gasteiger partial charge < -0.3 is 19.6 Å². The molecule has 2 amide bonds. The van der Waals surface area contributed by atoms with Gasteiger partial charge in [0.2, 0.25) is 0 Å². The molecular weight excluding hydrogens is 272 g/mol. The van der Waals surface area contributed by atoms with E-state index in [4.69, 9.17) is 4.74 Å². The summed E-state index contributed by atoms with van der Waals surface area (Å²) in [6.07, 6.45) is 2.25. The number of hydrogen-bond donors (Lipinski definition) is 1. The predicted molar refractivity (Wildman–Crippen MR) is 78.1 cm³/mol. The molecule has 0 aromatic heterocycles. The van der Waals surface area contributed by atoms with Crippen molar-refractivity contribution in [2.24, 2.45) is 5.41 Å². The lowest BCUT2D eigenvalue weighted by molar-refractivity contribution is -0.150. The molecule has 21 heavy (non-hydrogen) atoms. The lowest BCUT2D eigenvalue weighted by Crippen LogP contribution is -2.58. The second-order valence-corrected chi connectivity index (χ2v) is 6.53. The van der Waals surface area contributed by atoms with Crippen LogP contribution < -0.4 is 0 Å². The summed E-state index contributed by atoms with van der Waals surface area (Å²) >= 11 is 0. The Bertz CT molecular complexity index is 414. The minimum atomic E-state index is -0.826. The number of morpholine rings is 1. The lowest BCUT2D eigenvalue weighted by Gasteiger charge is -2.44. The van der Waals surface area contributed by atoms with Gasteiger partial charge in [-0.3, -0.25) is 4.79 Å². The van der Waals surface area contributed by atoms with Gasteiger partial charge in [-0.2, -0.15) is 0 Å². The van der Waals surface area contributed by atoms with Crippen molar-refractivity contribution in [2.75, 3.05) is 26.2 Å². The van der Waals surface area contributed by atoms with Crippen LogP contribution in [0, 0.1) is 5.41 Å². The van der Waals surface area contributed by atoms with Crippen LogP contribution in [0.1, 0.15) is 40.0 Å². The highest BCUT2D eigenvalue weighted by Crippen LogP contribution is 2.31. The second-order valence-electron chi connectivity index (χ2n) is 6.53. The number of piperidine rings is 1. The van der Waals surface area contributed by atoms with E-state index in [1.165, 1.54) is 0 Å². The van der Waals surface area contributed by atoms with Crippen LogP contribution in [-0.4, -0.2) is 65.3 Å². The summed E-state index contributed by atoms with van der Waals surface area (Å²) in [6.45, 7) is 7.82. The third-order valence-corrected chi connectivity index (χ3v) is 4.67. The SMILES string of the molecule is CCC1COC(C)CN1C(=O)N1CCCC(C)(C(=O)O)C1. The minimum absolute atomic E-state index is 0.0346.